The van der Waals surface area contributed by atoms with Crippen LogP contribution in [0.2, 0.25) is 0 Å². The molecule has 1 aromatic rings. The van der Waals surface area contributed by atoms with Gasteiger partial charge in [-0.2, -0.15) is 13.2 Å². The Kier molecular flexibility index (Phi) is 8.79. The zero-order chi connectivity index (χ0) is 19.3. The summed E-state index contributed by atoms with van der Waals surface area (Å²) < 4.78 is 44.4. The first-order valence-electron chi connectivity index (χ1n) is 8.17. The van der Waals surface area contributed by atoms with E-state index in [0.29, 0.717) is 31.2 Å². The lowest BCUT2D eigenvalue weighted by Gasteiger charge is -2.35. The van der Waals surface area contributed by atoms with Gasteiger partial charge in [0.2, 0.25) is 5.91 Å². The van der Waals surface area contributed by atoms with Gasteiger partial charge in [-0.1, -0.05) is 12.1 Å². The molecule has 0 radical (unpaired) electrons. The highest BCUT2D eigenvalue weighted by atomic mass is 127. The normalized spacial score (nSPS) is 17.9. The Hall–Kier alpha value is -1.56. The highest BCUT2D eigenvalue weighted by Gasteiger charge is 2.32. The van der Waals surface area contributed by atoms with Gasteiger partial charge >= 0.3 is 6.18 Å². The number of rotatable bonds is 3. The number of nitrogens with one attached hydrogen (secondary N) is 1. The third kappa shape index (κ3) is 6.52. The molecule has 1 N–H and O–H groups in total. The molecule has 2 rings (SSSR count). The summed E-state index contributed by atoms with van der Waals surface area (Å²) in [6.45, 7) is 1.32. The Morgan fingerprint density at radius 1 is 1.41 bits per heavy atom. The molecule has 1 aliphatic heterocycles. The van der Waals surface area contributed by atoms with Crippen molar-refractivity contribution in [1.29, 1.82) is 0 Å². The fourth-order valence-corrected chi connectivity index (χ4v) is 2.60. The maximum atomic E-state index is 12.9. The van der Waals surface area contributed by atoms with Gasteiger partial charge in [-0.3, -0.25) is 9.79 Å². The molecule has 27 heavy (non-hydrogen) atoms. The molecule has 1 atom stereocenters. The molecule has 0 saturated carbocycles. The van der Waals surface area contributed by atoms with Crippen molar-refractivity contribution < 1.29 is 22.7 Å². The number of aliphatic imine (C=N–C) groups is 1. The number of benzene rings is 1. The summed E-state index contributed by atoms with van der Waals surface area (Å²) in [5, 5.41) is 2.98. The zero-order valence-electron chi connectivity index (χ0n) is 15.4. The number of likely N-dealkylation sites (N-methyl/N-ethyl adjacent to an activating group) is 1. The van der Waals surface area contributed by atoms with Gasteiger partial charge in [-0.25, -0.2) is 0 Å². The Morgan fingerprint density at radius 2 is 2.11 bits per heavy atom. The summed E-state index contributed by atoms with van der Waals surface area (Å²) in [4.78, 5) is 19.2. The highest BCUT2D eigenvalue weighted by Crippen LogP contribution is 2.32. The van der Waals surface area contributed by atoms with Crippen LogP contribution in [0.3, 0.4) is 0 Å². The smallest absolute Gasteiger partial charge is 0.370 e. The van der Waals surface area contributed by atoms with E-state index in [1.165, 1.54) is 11.0 Å². The standard InChI is InChI=1S/C17H23F3N4O2.HI/c1-21-16(22-10-15(25)23(2)3)24-7-8-26-14(11-24)12-5-4-6-13(9-12)17(18,19)20;/h4-6,9,14H,7-8,10-11H2,1-3H3,(H,21,22);1H. The molecule has 152 valence electrons. The van der Waals surface area contributed by atoms with Crippen molar-refractivity contribution in [2.24, 2.45) is 4.99 Å². The van der Waals surface area contributed by atoms with Crippen molar-refractivity contribution in [3.05, 3.63) is 35.4 Å². The van der Waals surface area contributed by atoms with Gasteiger partial charge in [0.05, 0.1) is 25.3 Å². The molecule has 1 aromatic carbocycles. The molecule has 0 aliphatic carbocycles. The number of carbonyl (C=O) groups is 1. The summed E-state index contributed by atoms with van der Waals surface area (Å²) in [6.07, 6.45) is -4.90. The first-order chi connectivity index (χ1) is 12.2. The van der Waals surface area contributed by atoms with E-state index in [0.717, 1.165) is 12.1 Å². The van der Waals surface area contributed by atoms with Crippen molar-refractivity contribution in [3.8, 4) is 0 Å². The zero-order valence-corrected chi connectivity index (χ0v) is 17.7. The third-order valence-electron chi connectivity index (χ3n) is 4.06. The molecular weight excluding hydrogens is 476 g/mol. The van der Waals surface area contributed by atoms with Gasteiger partial charge in [-0.05, 0) is 17.7 Å². The van der Waals surface area contributed by atoms with Crippen molar-refractivity contribution in [2.75, 3.05) is 47.4 Å². The molecule has 6 nitrogen and oxygen atoms in total. The minimum atomic E-state index is -4.39. The van der Waals surface area contributed by atoms with Crippen molar-refractivity contribution in [2.45, 2.75) is 12.3 Å². The van der Waals surface area contributed by atoms with Crippen LogP contribution in [0, 0.1) is 0 Å². The summed E-state index contributed by atoms with van der Waals surface area (Å²) in [5.41, 5.74) is -0.237. The maximum absolute atomic E-state index is 12.9. The Morgan fingerprint density at radius 3 is 2.70 bits per heavy atom. The number of carbonyl (C=O) groups excluding carboxylic acids is 1. The predicted molar refractivity (Wildman–Crippen MR) is 107 cm³/mol. The molecule has 1 saturated heterocycles. The monoisotopic (exact) mass is 500 g/mol. The van der Waals surface area contributed by atoms with Gasteiger partial charge in [0.15, 0.2) is 5.96 Å². The largest absolute Gasteiger partial charge is 0.416 e. The SMILES string of the molecule is CN=C(NCC(=O)N(C)C)N1CCOC(c2cccc(C(F)(F)F)c2)C1.I. The highest BCUT2D eigenvalue weighted by molar-refractivity contribution is 14.0. The Bertz CT molecular complexity index is 668. The fourth-order valence-electron chi connectivity index (χ4n) is 2.60. The Balaban J connectivity index is 0.00000364. The molecule has 1 fully saturated rings. The van der Waals surface area contributed by atoms with Crippen LogP contribution in [0.5, 0.6) is 0 Å². The lowest BCUT2D eigenvalue weighted by atomic mass is 10.0. The lowest BCUT2D eigenvalue weighted by Crippen LogP contribution is -2.50. The van der Waals surface area contributed by atoms with Gasteiger partial charge in [0.25, 0.3) is 0 Å². The third-order valence-corrected chi connectivity index (χ3v) is 4.06. The van der Waals surface area contributed by atoms with E-state index in [9.17, 15) is 18.0 Å². The predicted octanol–water partition coefficient (Wildman–Crippen LogP) is 2.36. The average Bonchev–Trinajstić information content (AvgIpc) is 2.61. The first-order valence-corrected chi connectivity index (χ1v) is 8.17. The van der Waals surface area contributed by atoms with Crippen molar-refractivity contribution in [3.63, 3.8) is 0 Å². The van der Waals surface area contributed by atoms with Crippen LogP contribution in [0.4, 0.5) is 13.2 Å². The Labute approximate surface area is 173 Å². The number of morpholine rings is 1. The first kappa shape index (κ1) is 23.5. The van der Waals surface area contributed by atoms with Crippen LogP contribution >= 0.6 is 24.0 Å². The molecule has 0 bridgehead atoms. The quantitative estimate of drug-likeness (QED) is 0.394. The molecule has 1 heterocycles. The molecule has 1 amide bonds. The van der Waals surface area contributed by atoms with E-state index in [-0.39, 0.29) is 36.4 Å². The van der Waals surface area contributed by atoms with Gasteiger partial charge < -0.3 is 19.9 Å². The van der Waals surface area contributed by atoms with E-state index in [2.05, 4.69) is 10.3 Å². The van der Waals surface area contributed by atoms with Crippen molar-refractivity contribution >= 4 is 35.8 Å². The molecule has 1 aliphatic rings. The fraction of sp³-hybridized carbons (Fsp3) is 0.529. The topological polar surface area (TPSA) is 57.2 Å². The van der Waals surface area contributed by atoms with Gasteiger partial charge in [0.1, 0.15) is 6.10 Å². The number of hydrogen-bond acceptors (Lipinski definition) is 3. The minimum absolute atomic E-state index is 0. The van der Waals surface area contributed by atoms with Crippen LogP contribution in [-0.4, -0.2) is 69.1 Å². The second-order valence-corrected chi connectivity index (χ2v) is 6.12. The van der Waals surface area contributed by atoms with Crippen molar-refractivity contribution in [1.82, 2.24) is 15.1 Å². The molecule has 0 spiro atoms. The second-order valence-electron chi connectivity index (χ2n) is 6.12. The maximum Gasteiger partial charge on any atom is 0.416 e. The van der Waals surface area contributed by atoms with Crippen LogP contribution in [0.15, 0.2) is 29.3 Å². The number of amides is 1. The van der Waals surface area contributed by atoms with Crippen LogP contribution in [-0.2, 0) is 15.7 Å². The molecule has 10 heteroatoms. The number of ether oxygens (including phenoxy) is 1. The van der Waals surface area contributed by atoms with Crippen LogP contribution < -0.4 is 5.32 Å². The molecule has 1 unspecified atom stereocenters. The second kappa shape index (κ2) is 10.1. The van der Waals surface area contributed by atoms with E-state index >= 15 is 0 Å². The van der Waals surface area contributed by atoms with E-state index in [1.807, 2.05) is 4.90 Å². The van der Waals surface area contributed by atoms with E-state index in [1.54, 1.807) is 27.2 Å². The number of guanidine groups is 1. The number of hydrogen-bond donors (Lipinski definition) is 1. The van der Waals surface area contributed by atoms with Crippen LogP contribution in [0.1, 0.15) is 17.2 Å². The van der Waals surface area contributed by atoms with E-state index in [4.69, 9.17) is 4.74 Å². The van der Waals surface area contributed by atoms with E-state index < -0.39 is 17.8 Å². The number of alkyl halides is 3. The molecular formula is C17H24F3IN4O2. The number of halogens is 4. The van der Waals surface area contributed by atoms with Crippen LogP contribution in [0.25, 0.3) is 0 Å². The summed E-state index contributed by atoms with van der Waals surface area (Å²) >= 11 is 0. The summed E-state index contributed by atoms with van der Waals surface area (Å²) in [5.74, 6) is 0.411. The average molecular weight is 500 g/mol. The summed E-state index contributed by atoms with van der Waals surface area (Å²) in [7, 11) is 4.91. The molecule has 0 aromatic heterocycles. The summed E-state index contributed by atoms with van der Waals surface area (Å²) in [6, 6.07) is 5.15. The number of nitrogens with zero attached hydrogens (tertiary/aromatic N) is 3. The lowest BCUT2D eigenvalue weighted by molar-refractivity contribution is -0.137. The minimum Gasteiger partial charge on any atom is -0.370 e. The van der Waals surface area contributed by atoms with Gasteiger partial charge in [0, 0.05) is 27.7 Å². The van der Waals surface area contributed by atoms with Gasteiger partial charge in [-0.15, -0.1) is 24.0 Å².